The summed E-state index contributed by atoms with van der Waals surface area (Å²) in [7, 11) is 0. The normalized spacial score (nSPS) is 31.3. The van der Waals surface area contributed by atoms with Gasteiger partial charge in [-0.2, -0.15) is 0 Å². The Balaban J connectivity index is 1.61. The summed E-state index contributed by atoms with van der Waals surface area (Å²) in [4.78, 5) is 1.52. The van der Waals surface area contributed by atoms with Crippen LogP contribution in [-0.4, -0.2) is 12.6 Å². The van der Waals surface area contributed by atoms with E-state index in [0.717, 1.165) is 17.8 Å². The van der Waals surface area contributed by atoms with Crippen molar-refractivity contribution in [2.45, 2.75) is 45.1 Å². The fourth-order valence-electron chi connectivity index (χ4n) is 3.50. The van der Waals surface area contributed by atoms with E-state index in [-0.39, 0.29) is 0 Å². The summed E-state index contributed by atoms with van der Waals surface area (Å²) in [5.41, 5.74) is 0. The molecule has 0 saturated heterocycles. The topological polar surface area (TPSA) is 12.0 Å². The van der Waals surface area contributed by atoms with Crippen LogP contribution in [0, 0.1) is 17.8 Å². The molecule has 0 amide bonds. The molecule has 0 bridgehead atoms. The van der Waals surface area contributed by atoms with Gasteiger partial charge in [0.2, 0.25) is 0 Å². The molecule has 2 fully saturated rings. The molecule has 0 aliphatic heterocycles. The maximum Gasteiger partial charge on any atom is 0.0285 e. The summed E-state index contributed by atoms with van der Waals surface area (Å²) in [5.74, 6) is 3.12. The van der Waals surface area contributed by atoms with Crippen LogP contribution in [0.4, 0.5) is 0 Å². The molecule has 2 saturated carbocycles. The second-order valence-corrected chi connectivity index (χ2v) is 7.89. The number of hydrogen-bond donors (Lipinski definition) is 1. The highest BCUT2D eigenvalue weighted by Crippen LogP contribution is 2.55. The van der Waals surface area contributed by atoms with Crippen molar-refractivity contribution in [2.75, 3.05) is 6.54 Å². The van der Waals surface area contributed by atoms with E-state index in [1.54, 1.807) is 0 Å². The van der Waals surface area contributed by atoms with Crippen LogP contribution >= 0.6 is 27.3 Å². The van der Waals surface area contributed by atoms with Crippen LogP contribution in [0.1, 0.15) is 37.5 Å². The molecule has 2 aliphatic rings. The first-order chi connectivity index (χ1) is 8.76. The number of rotatable bonds is 6. The standard InChI is InChI=1S/C15H22BrNS/c1-2-3-17-15(8-14-7-13(16)9-18-14)12-5-10-4-11(10)6-12/h7,9-12,15,17H,2-6,8H2,1H3. The third-order valence-electron chi connectivity index (χ3n) is 4.55. The molecular formula is C15H22BrNS. The van der Waals surface area contributed by atoms with Gasteiger partial charge in [0.25, 0.3) is 0 Å². The lowest BCUT2D eigenvalue weighted by molar-refractivity contribution is 0.333. The minimum absolute atomic E-state index is 0.711. The smallest absolute Gasteiger partial charge is 0.0285 e. The molecular weight excluding hydrogens is 306 g/mol. The summed E-state index contributed by atoms with van der Waals surface area (Å²) in [6, 6.07) is 3.00. The van der Waals surface area contributed by atoms with Gasteiger partial charge in [0, 0.05) is 20.8 Å². The molecule has 0 radical (unpaired) electrons. The molecule has 0 spiro atoms. The zero-order valence-electron chi connectivity index (χ0n) is 11.0. The molecule has 1 aromatic heterocycles. The van der Waals surface area contributed by atoms with E-state index >= 15 is 0 Å². The SMILES string of the molecule is CCCNC(Cc1cc(Br)cs1)C1CC2CC2C1. The minimum atomic E-state index is 0.711. The first-order valence-electron chi connectivity index (χ1n) is 7.22. The van der Waals surface area contributed by atoms with Crippen LogP contribution in [0.3, 0.4) is 0 Å². The largest absolute Gasteiger partial charge is 0.313 e. The van der Waals surface area contributed by atoms with Crippen molar-refractivity contribution >= 4 is 27.3 Å². The highest BCUT2D eigenvalue weighted by atomic mass is 79.9. The average molecular weight is 328 g/mol. The second kappa shape index (κ2) is 5.64. The lowest BCUT2D eigenvalue weighted by Gasteiger charge is -2.25. The van der Waals surface area contributed by atoms with E-state index in [2.05, 4.69) is 39.6 Å². The van der Waals surface area contributed by atoms with Gasteiger partial charge in [-0.05, 0) is 78.4 Å². The van der Waals surface area contributed by atoms with Crippen molar-refractivity contribution < 1.29 is 0 Å². The second-order valence-electron chi connectivity index (χ2n) is 5.98. The molecule has 0 aromatic carbocycles. The van der Waals surface area contributed by atoms with Crippen LogP contribution in [-0.2, 0) is 6.42 Å². The summed E-state index contributed by atoms with van der Waals surface area (Å²) in [6.45, 7) is 3.43. The number of halogens is 1. The maximum absolute atomic E-state index is 3.80. The van der Waals surface area contributed by atoms with E-state index in [1.807, 2.05) is 11.3 Å². The molecule has 100 valence electrons. The van der Waals surface area contributed by atoms with Gasteiger partial charge in [-0.3, -0.25) is 0 Å². The van der Waals surface area contributed by atoms with Crippen molar-refractivity contribution in [1.29, 1.82) is 0 Å². The van der Waals surface area contributed by atoms with E-state index in [0.29, 0.717) is 6.04 Å². The quantitative estimate of drug-likeness (QED) is 0.812. The number of nitrogens with one attached hydrogen (secondary N) is 1. The van der Waals surface area contributed by atoms with Gasteiger partial charge < -0.3 is 5.32 Å². The molecule has 3 rings (SSSR count). The Labute approximate surface area is 122 Å². The molecule has 1 aromatic rings. The molecule has 3 unspecified atom stereocenters. The summed E-state index contributed by atoms with van der Waals surface area (Å²) in [6.07, 6.45) is 6.96. The van der Waals surface area contributed by atoms with Crippen molar-refractivity contribution in [3.05, 3.63) is 20.8 Å². The molecule has 3 heteroatoms. The fourth-order valence-corrected chi connectivity index (χ4v) is 5.01. The summed E-state index contributed by atoms with van der Waals surface area (Å²) >= 11 is 5.46. The third-order valence-corrected chi connectivity index (χ3v) is 6.27. The van der Waals surface area contributed by atoms with Gasteiger partial charge in [0.15, 0.2) is 0 Å². The molecule has 2 aliphatic carbocycles. The molecule has 1 N–H and O–H groups in total. The van der Waals surface area contributed by atoms with Crippen molar-refractivity contribution in [2.24, 2.45) is 17.8 Å². The van der Waals surface area contributed by atoms with Crippen LogP contribution in [0.15, 0.2) is 15.9 Å². The minimum Gasteiger partial charge on any atom is -0.313 e. The third kappa shape index (κ3) is 3.00. The molecule has 3 atom stereocenters. The number of thiophene rings is 1. The Morgan fingerprint density at radius 3 is 2.78 bits per heavy atom. The molecule has 1 nitrogen and oxygen atoms in total. The van der Waals surface area contributed by atoms with Crippen LogP contribution in [0.25, 0.3) is 0 Å². The highest BCUT2D eigenvalue weighted by molar-refractivity contribution is 9.10. The van der Waals surface area contributed by atoms with Crippen molar-refractivity contribution in [1.82, 2.24) is 5.32 Å². The molecule has 1 heterocycles. The summed E-state index contributed by atoms with van der Waals surface area (Å²) in [5, 5.41) is 6.01. The van der Waals surface area contributed by atoms with Gasteiger partial charge in [-0.15, -0.1) is 11.3 Å². The van der Waals surface area contributed by atoms with Gasteiger partial charge in [-0.25, -0.2) is 0 Å². The Hall–Kier alpha value is 0.140. The maximum atomic E-state index is 3.80. The predicted octanol–water partition coefficient (Wildman–Crippen LogP) is 4.47. The van der Waals surface area contributed by atoms with Crippen LogP contribution < -0.4 is 5.32 Å². The Kier molecular flexibility index (Phi) is 4.12. The number of fused-ring (bicyclic) bond motifs is 1. The zero-order valence-corrected chi connectivity index (χ0v) is 13.4. The number of hydrogen-bond acceptors (Lipinski definition) is 2. The Morgan fingerprint density at radius 2 is 2.17 bits per heavy atom. The monoisotopic (exact) mass is 327 g/mol. The Bertz CT molecular complexity index is 393. The zero-order chi connectivity index (χ0) is 12.5. The first kappa shape index (κ1) is 13.1. The Morgan fingerprint density at radius 1 is 1.39 bits per heavy atom. The average Bonchev–Trinajstić information content (AvgIpc) is 2.78. The van der Waals surface area contributed by atoms with E-state index < -0.39 is 0 Å². The van der Waals surface area contributed by atoms with E-state index in [1.165, 1.54) is 48.0 Å². The van der Waals surface area contributed by atoms with E-state index in [4.69, 9.17) is 0 Å². The van der Waals surface area contributed by atoms with Gasteiger partial charge in [-0.1, -0.05) is 6.92 Å². The lowest BCUT2D eigenvalue weighted by Crippen LogP contribution is -2.38. The van der Waals surface area contributed by atoms with Gasteiger partial charge in [0.05, 0.1) is 0 Å². The van der Waals surface area contributed by atoms with Crippen LogP contribution in [0.2, 0.25) is 0 Å². The highest BCUT2D eigenvalue weighted by Gasteiger charge is 2.47. The van der Waals surface area contributed by atoms with Crippen molar-refractivity contribution in [3.63, 3.8) is 0 Å². The lowest BCUT2D eigenvalue weighted by atomic mass is 9.91. The predicted molar refractivity (Wildman–Crippen MR) is 82.1 cm³/mol. The first-order valence-corrected chi connectivity index (χ1v) is 8.89. The fraction of sp³-hybridized carbons (Fsp3) is 0.733. The van der Waals surface area contributed by atoms with Crippen molar-refractivity contribution in [3.8, 4) is 0 Å². The van der Waals surface area contributed by atoms with Gasteiger partial charge in [0.1, 0.15) is 0 Å². The molecule has 18 heavy (non-hydrogen) atoms. The van der Waals surface area contributed by atoms with E-state index in [9.17, 15) is 0 Å². The summed E-state index contributed by atoms with van der Waals surface area (Å²) < 4.78 is 1.24. The van der Waals surface area contributed by atoms with Gasteiger partial charge >= 0.3 is 0 Å². The van der Waals surface area contributed by atoms with Crippen LogP contribution in [0.5, 0.6) is 0 Å².